The maximum atomic E-state index is 11.8. The normalized spacial score (nSPS) is 10.7. The number of hydrogen-bond donors (Lipinski definition) is 0. The molecule has 140 valence electrons. The average Bonchev–Trinajstić information content (AvgIpc) is 3.06. The van der Waals surface area contributed by atoms with E-state index in [2.05, 4.69) is 5.10 Å². The third kappa shape index (κ3) is 3.48. The van der Waals surface area contributed by atoms with E-state index in [4.69, 9.17) is 9.47 Å². The molecule has 1 heterocycles. The molecule has 0 atom stereocenters. The van der Waals surface area contributed by atoms with Gasteiger partial charge < -0.3 is 14.4 Å². The van der Waals surface area contributed by atoms with Gasteiger partial charge in [0.25, 0.3) is 5.91 Å². The van der Waals surface area contributed by atoms with Gasteiger partial charge in [0, 0.05) is 26.5 Å². The topological polar surface area (TPSA) is 73.7 Å². The number of fused-ring (bicyclic) bond motifs is 1. The van der Waals surface area contributed by atoms with Crippen LogP contribution in [0.4, 0.5) is 0 Å². The summed E-state index contributed by atoms with van der Waals surface area (Å²) in [6.45, 7) is -0.179. The molecule has 0 saturated carbocycles. The monoisotopic (exact) mass is 367 g/mol. The fourth-order valence-electron chi connectivity index (χ4n) is 2.87. The first-order valence-corrected chi connectivity index (χ1v) is 8.37. The van der Waals surface area contributed by atoms with Gasteiger partial charge in [-0.1, -0.05) is 12.1 Å². The minimum Gasteiger partial charge on any atom is -0.493 e. The molecular weight excluding hydrogens is 346 g/mol. The number of methoxy groups -OCH3 is 1. The van der Waals surface area contributed by atoms with Gasteiger partial charge in [-0.3, -0.25) is 14.3 Å². The molecule has 27 heavy (non-hydrogen) atoms. The Bertz CT molecular complexity index is 1010. The lowest BCUT2D eigenvalue weighted by Gasteiger charge is -2.16. The Morgan fingerprint density at radius 2 is 2.07 bits per heavy atom. The van der Waals surface area contributed by atoms with Crippen LogP contribution in [0.15, 0.2) is 36.5 Å². The van der Waals surface area contributed by atoms with E-state index in [0.29, 0.717) is 17.6 Å². The fourth-order valence-corrected chi connectivity index (χ4v) is 2.87. The van der Waals surface area contributed by atoms with Crippen molar-refractivity contribution in [2.45, 2.75) is 0 Å². The second-order valence-electron chi connectivity index (χ2n) is 6.30. The molecule has 0 radical (unpaired) electrons. The summed E-state index contributed by atoms with van der Waals surface area (Å²) in [6, 6.07) is 9.40. The van der Waals surface area contributed by atoms with Crippen LogP contribution >= 0.6 is 0 Å². The average molecular weight is 367 g/mol. The van der Waals surface area contributed by atoms with Gasteiger partial charge in [0.1, 0.15) is 0 Å². The van der Waals surface area contributed by atoms with E-state index in [1.165, 1.54) is 12.0 Å². The molecule has 0 bridgehead atoms. The molecule has 3 aromatic rings. The van der Waals surface area contributed by atoms with Crippen molar-refractivity contribution in [3.63, 3.8) is 0 Å². The quantitative estimate of drug-likeness (QED) is 0.626. The van der Waals surface area contributed by atoms with Crippen molar-refractivity contribution in [1.29, 1.82) is 0 Å². The highest BCUT2D eigenvalue weighted by Gasteiger charge is 2.17. The van der Waals surface area contributed by atoms with Crippen molar-refractivity contribution >= 4 is 23.1 Å². The number of carbonyl (C=O) groups is 2. The van der Waals surface area contributed by atoms with E-state index >= 15 is 0 Å². The van der Waals surface area contributed by atoms with E-state index in [-0.39, 0.29) is 18.3 Å². The van der Waals surface area contributed by atoms with Crippen molar-refractivity contribution < 1.29 is 19.1 Å². The maximum Gasteiger partial charge on any atom is 0.259 e. The number of likely N-dealkylation sites (N-methyl/N-ethyl adjacent to an activating group) is 1. The Morgan fingerprint density at radius 1 is 1.30 bits per heavy atom. The number of aryl methyl sites for hydroxylation is 1. The Kier molecular flexibility index (Phi) is 5.12. The highest BCUT2D eigenvalue weighted by atomic mass is 16.5. The lowest BCUT2D eigenvalue weighted by Crippen LogP contribution is -2.27. The number of aldehydes is 1. The minimum absolute atomic E-state index is 0.179. The molecule has 0 fully saturated rings. The molecule has 0 aliphatic rings. The molecule has 0 N–H and O–H groups in total. The third-order valence-corrected chi connectivity index (χ3v) is 4.37. The number of rotatable bonds is 6. The Hall–Kier alpha value is -3.35. The number of ether oxygens (including phenoxy) is 2. The summed E-state index contributed by atoms with van der Waals surface area (Å²) in [4.78, 5) is 24.9. The molecule has 1 amide bonds. The molecular formula is C20H21N3O4. The summed E-state index contributed by atoms with van der Waals surface area (Å²) in [7, 11) is 6.66. The van der Waals surface area contributed by atoms with Crippen LogP contribution in [0.3, 0.4) is 0 Å². The zero-order chi connectivity index (χ0) is 19.6. The van der Waals surface area contributed by atoms with Crippen LogP contribution in [0.2, 0.25) is 0 Å². The third-order valence-electron chi connectivity index (χ3n) is 4.37. The number of hydrogen-bond acceptors (Lipinski definition) is 5. The van der Waals surface area contributed by atoms with Crippen LogP contribution < -0.4 is 9.47 Å². The van der Waals surface area contributed by atoms with Crippen LogP contribution in [-0.4, -0.2) is 54.7 Å². The molecule has 1 aromatic heterocycles. The largest absolute Gasteiger partial charge is 0.493 e. The van der Waals surface area contributed by atoms with Gasteiger partial charge in [0.15, 0.2) is 24.4 Å². The molecule has 0 unspecified atom stereocenters. The first kappa shape index (κ1) is 18.4. The smallest absolute Gasteiger partial charge is 0.259 e. The highest BCUT2D eigenvalue weighted by Crippen LogP contribution is 2.38. The van der Waals surface area contributed by atoms with Gasteiger partial charge >= 0.3 is 0 Å². The van der Waals surface area contributed by atoms with Crippen LogP contribution in [-0.2, 0) is 11.8 Å². The van der Waals surface area contributed by atoms with Gasteiger partial charge in [-0.2, -0.15) is 5.10 Å². The Morgan fingerprint density at radius 3 is 2.74 bits per heavy atom. The van der Waals surface area contributed by atoms with E-state index in [9.17, 15) is 9.59 Å². The van der Waals surface area contributed by atoms with Crippen molar-refractivity contribution in [2.75, 3.05) is 27.8 Å². The summed E-state index contributed by atoms with van der Waals surface area (Å²) in [5.74, 6) is 0.435. The molecule has 0 saturated heterocycles. The van der Waals surface area contributed by atoms with Gasteiger partial charge in [0.2, 0.25) is 0 Å². The van der Waals surface area contributed by atoms with E-state index in [0.717, 1.165) is 22.0 Å². The number of amides is 1. The van der Waals surface area contributed by atoms with Crippen molar-refractivity contribution in [3.05, 3.63) is 42.1 Å². The van der Waals surface area contributed by atoms with Gasteiger partial charge in [-0.15, -0.1) is 0 Å². The zero-order valence-electron chi connectivity index (χ0n) is 15.7. The minimum atomic E-state index is -0.210. The van der Waals surface area contributed by atoms with Gasteiger partial charge in [-0.05, 0) is 29.3 Å². The van der Waals surface area contributed by atoms with E-state index < -0.39 is 0 Å². The Balaban J connectivity index is 2.08. The predicted molar refractivity (Wildman–Crippen MR) is 102 cm³/mol. The molecule has 3 rings (SSSR count). The van der Waals surface area contributed by atoms with Crippen LogP contribution in [0.1, 0.15) is 10.4 Å². The molecule has 0 aliphatic carbocycles. The van der Waals surface area contributed by atoms with Crippen LogP contribution in [0.5, 0.6) is 11.5 Å². The SMILES string of the molecule is COc1cc(-c2cccc3c2cnn3C)cc(C=O)c1OCC(=O)N(C)C. The van der Waals surface area contributed by atoms with Crippen LogP contribution in [0.25, 0.3) is 22.0 Å². The zero-order valence-corrected chi connectivity index (χ0v) is 15.7. The molecule has 0 spiro atoms. The fraction of sp³-hybridized carbons (Fsp3) is 0.250. The summed E-state index contributed by atoms with van der Waals surface area (Å²) < 4.78 is 12.8. The highest BCUT2D eigenvalue weighted by molar-refractivity contribution is 5.96. The maximum absolute atomic E-state index is 11.8. The van der Waals surface area contributed by atoms with Gasteiger partial charge in [0.05, 0.1) is 24.4 Å². The molecule has 2 aromatic carbocycles. The van der Waals surface area contributed by atoms with E-state index in [1.807, 2.05) is 25.2 Å². The van der Waals surface area contributed by atoms with Crippen molar-refractivity contribution in [2.24, 2.45) is 7.05 Å². The Labute approximate surface area is 157 Å². The van der Waals surface area contributed by atoms with E-state index in [1.54, 1.807) is 37.1 Å². The number of benzene rings is 2. The second-order valence-corrected chi connectivity index (χ2v) is 6.30. The summed E-state index contributed by atoms with van der Waals surface area (Å²) in [6.07, 6.45) is 2.49. The number of nitrogens with zero attached hydrogens (tertiary/aromatic N) is 3. The lowest BCUT2D eigenvalue weighted by molar-refractivity contribution is -0.130. The number of aromatic nitrogens is 2. The predicted octanol–water partition coefficient (Wildman–Crippen LogP) is 2.53. The second kappa shape index (κ2) is 7.49. The van der Waals surface area contributed by atoms with Crippen molar-refractivity contribution in [3.8, 4) is 22.6 Å². The van der Waals surface area contributed by atoms with Gasteiger partial charge in [-0.25, -0.2) is 0 Å². The standard InChI is InChI=1S/C20H21N3O4/c1-22(2)19(25)12-27-20-14(11-24)8-13(9-18(20)26-4)15-6-5-7-17-16(15)10-21-23(17)3/h5-11H,12H2,1-4H3. The first-order chi connectivity index (χ1) is 13.0. The molecule has 7 nitrogen and oxygen atoms in total. The lowest BCUT2D eigenvalue weighted by atomic mass is 9.99. The summed E-state index contributed by atoms with van der Waals surface area (Å²) >= 11 is 0. The summed E-state index contributed by atoms with van der Waals surface area (Å²) in [5, 5.41) is 5.27. The van der Waals surface area contributed by atoms with Crippen molar-refractivity contribution in [1.82, 2.24) is 14.7 Å². The van der Waals surface area contributed by atoms with Crippen LogP contribution in [0, 0.1) is 0 Å². The molecule has 7 heteroatoms. The molecule has 0 aliphatic heterocycles. The summed E-state index contributed by atoms with van der Waals surface area (Å²) in [5.41, 5.74) is 3.03. The first-order valence-electron chi connectivity index (χ1n) is 8.37. The number of carbonyl (C=O) groups excluding carboxylic acids is 2.